The van der Waals surface area contributed by atoms with E-state index >= 15 is 0 Å². The zero-order valence-electron chi connectivity index (χ0n) is 20.1. The van der Waals surface area contributed by atoms with Crippen LogP contribution in [0.3, 0.4) is 0 Å². The van der Waals surface area contributed by atoms with Gasteiger partial charge in [0.1, 0.15) is 17.3 Å². The third-order valence-electron chi connectivity index (χ3n) is 5.75. The van der Waals surface area contributed by atoms with Crippen molar-refractivity contribution in [2.75, 3.05) is 24.9 Å². The van der Waals surface area contributed by atoms with Crippen molar-refractivity contribution in [2.24, 2.45) is 0 Å². The predicted molar refractivity (Wildman–Crippen MR) is 145 cm³/mol. The predicted octanol–water partition coefficient (Wildman–Crippen LogP) is 7.32. The third kappa shape index (κ3) is 5.13. The van der Waals surface area contributed by atoms with E-state index in [0.29, 0.717) is 11.8 Å². The van der Waals surface area contributed by atoms with Crippen LogP contribution in [0.4, 0.5) is 23.1 Å². The molecular weight excluding hydrogens is 448 g/mol. The first-order chi connectivity index (χ1) is 17.7. The molecule has 2 N–H and O–H groups in total. The molecular formula is C30H26N4O2. The van der Waals surface area contributed by atoms with Gasteiger partial charge in [-0.25, -0.2) is 4.98 Å². The normalized spacial score (nSPS) is 10.5. The summed E-state index contributed by atoms with van der Waals surface area (Å²) in [5.74, 6) is 2.77. The molecule has 6 heteroatoms. The molecule has 0 atom stereocenters. The Balaban J connectivity index is 1.39. The van der Waals surface area contributed by atoms with Crippen molar-refractivity contribution in [3.8, 4) is 33.8 Å². The van der Waals surface area contributed by atoms with Crippen LogP contribution < -0.4 is 20.1 Å². The fraction of sp³-hybridized carbons (Fsp3) is 0.0667. The van der Waals surface area contributed by atoms with Crippen LogP contribution in [0, 0.1) is 0 Å². The fourth-order valence-corrected chi connectivity index (χ4v) is 4.02. The second-order valence-electron chi connectivity index (χ2n) is 8.08. The number of hydrogen-bond donors (Lipinski definition) is 2. The van der Waals surface area contributed by atoms with Gasteiger partial charge in [0.15, 0.2) is 0 Å². The summed E-state index contributed by atoms with van der Waals surface area (Å²) in [6, 6.07) is 34.0. The summed E-state index contributed by atoms with van der Waals surface area (Å²) in [6.07, 6.45) is 1.72. The summed E-state index contributed by atoms with van der Waals surface area (Å²) in [4.78, 5) is 9.06. The molecule has 0 spiro atoms. The van der Waals surface area contributed by atoms with E-state index in [-0.39, 0.29) is 0 Å². The number of hydrogen-bond acceptors (Lipinski definition) is 6. The molecule has 5 rings (SSSR count). The van der Waals surface area contributed by atoms with Gasteiger partial charge in [0.2, 0.25) is 5.95 Å². The monoisotopic (exact) mass is 474 g/mol. The second kappa shape index (κ2) is 10.6. The van der Waals surface area contributed by atoms with E-state index in [9.17, 15) is 0 Å². The number of nitrogens with zero attached hydrogens (tertiary/aromatic N) is 2. The molecule has 0 amide bonds. The first kappa shape index (κ1) is 22.9. The van der Waals surface area contributed by atoms with Crippen molar-refractivity contribution >= 4 is 23.1 Å². The summed E-state index contributed by atoms with van der Waals surface area (Å²) < 4.78 is 11.1. The van der Waals surface area contributed by atoms with Gasteiger partial charge in [-0.1, -0.05) is 60.7 Å². The van der Waals surface area contributed by atoms with Gasteiger partial charge < -0.3 is 20.1 Å². The van der Waals surface area contributed by atoms with Gasteiger partial charge in [-0.05, 0) is 53.6 Å². The van der Waals surface area contributed by atoms with Crippen LogP contribution in [0.15, 0.2) is 109 Å². The molecule has 1 heterocycles. The molecule has 36 heavy (non-hydrogen) atoms. The molecule has 5 aromatic rings. The average molecular weight is 475 g/mol. The Morgan fingerprint density at radius 2 is 1.11 bits per heavy atom. The number of rotatable bonds is 8. The SMILES string of the molecule is COc1ccc(Nc2ccnc(Nc3ccc(OC)c(-c4ccccc4)c3)n2)cc1-c1ccccc1. The zero-order chi connectivity index (χ0) is 24.7. The van der Waals surface area contributed by atoms with E-state index in [1.807, 2.05) is 72.8 Å². The lowest BCUT2D eigenvalue weighted by atomic mass is 10.0. The number of anilines is 4. The first-order valence-electron chi connectivity index (χ1n) is 11.6. The molecule has 1 aromatic heterocycles. The molecule has 0 saturated carbocycles. The van der Waals surface area contributed by atoms with Gasteiger partial charge in [-0.2, -0.15) is 4.98 Å². The van der Waals surface area contributed by atoms with Crippen molar-refractivity contribution in [3.05, 3.63) is 109 Å². The molecule has 6 nitrogen and oxygen atoms in total. The maximum Gasteiger partial charge on any atom is 0.229 e. The third-order valence-corrected chi connectivity index (χ3v) is 5.75. The Bertz CT molecular complexity index is 1350. The minimum absolute atomic E-state index is 0.487. The smallest absolute Gasteiger partial charge is 0.229 e. The van der Waals surface area contributed by atoms with Crippen molar-refractivity contribution in [2.45, 2.75) is 0 Å². The minimum atomic E-state index is 0.487. The number of nitrogens with one attached hydrogen (secondary N) is 2. The second-order valence-corrected chi connectivity index (χ2v) is 8.08. The molecule has 0 aliphatic heterocycles. The molecule has 0 radical (unpaired) electrons. The van der Waals surface area contributed by atoms with Gasteiger partial charge in [0, 0.05) is 28.7 Å². The maximum absolute atomic E-state index is 5.58. The highest BCUT2D eigenvalue weighted by Crippen LogP contribution is 2.34. The maximum atomic E-state index is 5.58. The molecule has 0 aliphatic carbocycles. The zero-order valence-corrected chi connectivity index (χ0v) is 20.1. The van der Waals surface area contributed by atoms with Crippen LogP contribution in [0.25, 0.3) is 22.3 Å². The Labute approximate surface area is 210 Å². The van der Waals surface area contributed by atoms with Crippen LogP contribution in [-0.2, 0) is 0 Å². The molecule has 0 saturated heterocycles. The summed E-state index contributed by atoms with van der Waals surface area (Å²) in [5, 5.41) is 6.69. The van der Waals surface area contributed by atoms with Gasteiger partial charge in [-0.15, -0.1) is 0 Å². The topological polar surface area (TPSA) is 68.3 Å². The quantitative estimate of drug-likeness (QED) is 0.246. The molecule has 0 unspecified atom stereocenters. The molecule has 4 aromatic carbocycles. The highest BCUT2D eigenvalue weighted by molar-refractivity contribution is 5.77. The number of methoxy groups -OCH3 is 2. The molecule has 0 aliphatic rings. The largest absolute Gasteiger partial charge is 0.496 e. The summed E-state index contributed by atoms with van der Waals surface area (Å²) >= 11 is 0. The van der Waals surface area contributed by atoms with Crippen LogP contribution in [0.2, 0.25) is 0 Å². The summed E-state index contributed by atoms with van der Waals surface area (Å²) in [7, 11) is 3.36. The van der Waals surface area contributed by atoms with Crippen LogP contribution in [-0.4, -0.2) is 24.2 Å². The van der Waals surface area contributed by atoms with E-state index in [1.165, 1.54) is 0 Å². The van der Waals surface area contributed by atoms with E-state index < -0.39 is 0 Å². The van der Waals surface area contributed by atoms with Gasteiger partial charge in [0.25, 0.3) is 0 Å². The van der Waals surface area contributed by atoms with Crippen molar-refractivity contribution < 1.29 is 9.47 Å². The fourth-order valence-electron chi connectivity index (χ4n) is 4.02. The van der Waals surface area contributed by atoms with Gasteiger partial charge in [-0.3, -0.25) is 0 Å². The molecule has 178 valence electrons. The van der Waals surface area contributed by atoms with Crippen LogP contribution >= 0.6 is 0 Å². The Hall–Kier alpha value is -4.84. The number of aromatic nitrogens is 2. The van der Waals surface area contributed by atoms with E-state index in [1.54, 1.807) is 20.4 Å². The molecule has 0 fully saturated rings. The summed E-state index contributed by atoms with van der Waals surface area (Å²) in [5.41, 5.74) is 5.91. The Kier molecular flexibility index (Phi) is 6.76. The van der Waals surface area contributed by atoms with E-state index in [2.05, 4.69) is 50.9 Å². The Morgan fingerprint density at radius 1 is 0.583 bits per heavy atom. The average Bonchev–Trinajstić information content (AvgIpc) is 2.94. The van der Waals surface area contributed by atoms with Crippen LogP contribution in [0.1, 0.15) is 0 Å². The standard InChI is InChI=1S/C30H26N4O2/c1-35-27-15-13-23(19-25(27)21-9-5-3-6-10-21)32-29-17-18-31-30(34-29)33-24-14-16-28(36-2)26(20-24)22-11-7-4-8-12-22/h3-20H,1-2H3,(H2,31,32,33,34). The lowest BCUT2D eigenvalue weighted by Crippen LogP contribution is -2.01. The lowest BCUT2D eigenvalue weighted by molar-refractivity contribution is 0.416. The van der Waals surface area contributed by atoms with Crippen molar-refractivity contribution in [1.82, 2.24) is 9.97 Å². The van der Waals surface area contributed by atoms with E-state index in [0.717, 1.165) is 45.1 Å². The van der Waals surface area contributed by atoms with Gasteiger partial charge in [0.05, 0.1) is 14.2 Å². The number of benzene rings is 4. The Morgan fingerprint density at radius 3 is 1.64 bits per heavy atom. The summed E-state index contributed by atoms with van der Waals surface area (Å²) in [6.45, 7) is 0. The van der Waals surface area contributed by atoms with Crippen molar-refractivity contribution in [3.63, 3.8) is 0 Å². The van der Waals surface area contributed by atoms with E-state index in [4.69, 9.17) is 9.47 Å². The molecule has 0 bridgehead atoms. The van der Waals surface area contributed by atoms with Crippen molar-refractivity contribution in [1.29, 1.82) is 0 Å². The van der Waals surface area contributed by atoms with Crippen LogP contribution in [0.5, 0.6) is 11.5 Å². The minimum Gasteiger partial charge on any atom is -0.496 e. The lowest BCUT2D eigenvalue weighted by Gasteiger charge is -2.14. The highest BCUT2D eigenvalue weighted by Gasteiger charge is 2.10. The highest BCUT2D eigenvalue weighted by atomic mass is 16.5. The first-order valence-corrected chi connectivity index (χ1v) is 11.6. The van der Waals surface area contributed by atoms with Gasteiger partial charge >= 0.3 is 0 Å². The number of ether oxygens (including phenoxy) is 2.